The number of piperidine rings is 1. The SMILES string of the molecule is Cc1cc2c(N3CCC(C(=O)N4CCN(c5cccc(C)c5C)CC4)CC3)nccc2s1. The molecule has 6 heteroatoms. The summed E-state index contributed by atoms with van der Waals surface area (Å²) in [5.41, 5.74) is 4.00. The summed E-state index contributed by atoms with van der Waals surface area (Å²) in [7, 11) is 0. The Kier molecular flexibility index (Phi) is 5.80. The number of thiophene rings is 1. The van der Waals surface area contributed by atoms with E-state index in [0.29, 0.717) is 5.91 Å². The molecule has 2 saturated heterocycles. The highest BCUT2D eigenvalue weighted by Crippen LogP contribution is 2.33. The van der Waals surface area contributed by atoms with Crippen LogP contribution >= 0.6 is 11.3 Å². The number of piperazine rings is 1. The molecule has 5 nitrogen and oxygen atoms in total. The molecule has 2 fully saturated rings. The number of aryl methyl sites for hydroxylation is 2. The van der Waals surface area contributed by atoms with E-state index in [1.165, 1.54) is 31.8 Å². The van der Waals surface area contributed by atoms with E-state index >= 15 is 0 Å². The summed E-state index contributed by atoms with van der Waals surface area (Å²) in [6.07, 6.45) is 3.74. The van der Waals surface area contributed by atoms with Gasteiger partial charge in [-0.1, -0.05) is 12.1 Å². The Balaban J connectivity index is 1.19. The molecule has 2 aliphatic heterocycles. The summed E-state index contributed by atoms with van der Waals surface area (Å²) in [5, 5.41) is 1.25. The molecule has 2 aromatic heterocycles. The van der Waals surface area contributed by atoms with Gasteiger partial charge in [0.25, 0.3) is 0 Å². The lowest BCUT2D eigenvalue weighted by atomic mass is 9.94. The Bertz CT molecular complexity index is 1120. The van der Waals surface area contributed by atoms with Crippen molar-refractivity contribution >= 4 is 38.8 Å². The lowest BCUT2D eigenvalue weighted by Crippen LogP contribution is -2.52. The zero-order valence-corrected chi connectivity index (χ0v) is 20.1. The van der Waals surface area contributed by atoms with Crippen LogP contribution in [0.2, 0.25) is 0 Å². The lowest BCUT2D eigenvalue weighted by Gasteiger charge is -2.40. The molecule has 2 aliphatic rings. The Morgan fingerprint density at radius 3 is 2.47 bits per heavy atom. The number of rotatable bonds is 3. The molecule has 0 N–H and O–H groups in total. The highest BCUT2D eigenvalue weighted by atomic mass is 32.1. The Hall–Kier alpha value is -2.60. The molecule has 1 amide bonds. The minimum Gasteiger partial charge on any atom is -0.368 e. The van der Waals surface area contributed by atoms with Gasteiger partial charge in [-0.25, -0.2) is 4.98 Å². The number of carbonyl (C=O) groups excluding carboxylic acids is 1. The molecule has 0 bridgehead atoms. The molecule has 0 saturated carbocycles. The monoisotopic (exact) mass is 448 g/mol. The van der Waals surface area contributed by atoms with Crippen molar-refractivity contribution in [1.29, 1.82) is 0 Å². The number of fused-ring (bicyclic) bond motifs is 1. The van der Waals surface area contributed by atoms with Gasteiger partial charge in [-0.2, -0.15) is 0 Å². The molecule has 0 unspecified atom stereocenters. The van der Waals surface area contributed by atoms with Crippen molar-refractivity contribution < 1.29 is 4.79 Å². The van der Waals surface area contributed by atoms with Gasteiger partial charge in [-0.3, -0.25) is 4.79 Å². The van der Waals surface area contributed by atoms with Crippen LogP contribution in [0.1, 0.15) is 28.8 Å². The summed E-state index contributed by atoms with van der Waals surface area (Å²) in [6.45, 7) is 11.8. The number of hydrogen-bond donors (Lipinski definition) is 0. The molecule has 3 aromatic rings. The maximum atomic E-state index is 13.3. The van der Waals surface area contributed by atoms with Gasteiger partial charge in [0, 0.05) is 72.0 Å². The number of anilines is 2. The van der Waals surface area contributed by atoms with E-state index in [-0.39, 0.29) is 5.92 Å². The molecule has 32 heavy (non-hydrogen) atoms. The third kappa shape index (κ3) is 3.96. The fourth-order valence-electron chi connectivity index (χ4n) is 5.17. The zero-order chi connectivity index (χ0) is 22.2. The van der Waals surface area contributed by atoms with Crippen LogP contribution in [0.3, 0.4) is 0 Å². The number of benzene rings is 1. The normalized spacial score (nSPS) is 17.9. The maximum Gasteiger partial charge on any atom is 0.225 e. The molecule has 0 atom stereocenters. The van der Waals surface area contributed by atoms with E-state index in [0.717, 1.165) is 57.9 Å². The fourth-order valence-corrected chi connectivity index (χ4v) is 6.08. The van der Waals surface area contributed by atoms with Crippen molar-refractivity contribution in [1.82, 2.24) is 9.88 Å². The van der Waals surface area contributed by atoms with Gasteiger partial charge in [0.2, 0.25) is 5.91 Å². The minimum atomic E-state index is 0.141. The molecule has 0 spiro atoms. The molecular weight excluding hydrogens is 416 g/mol. The van der Waals surface area contributed by atoms with E-state index in [2.05, 4.69) is 70.8 Å². The second-order valence-corrected chi connectivity index (χ2v) is 10.5. The first-order valence-corrected chi connectivity index (χ1v) is 12.5. The number of aromatic nitrogens is 1. The molecular formula is C26H32N4OS. The van der Waals surface area contributed by atoms with Gasteiger partial charge in [-0.15, -0.1) is 11.3 Å². The van der Waals surface area contributed by atoms with Gasteiger partial charge in [-0.05, 0) is 62.9 Å². The predicted octanol–water partition coefficient (Wildman–Crippen LogP) is 4.79. The third-order valence-corrected chi connectivity index (χ3v) is 8.22. The summed E-state index contributed by atoms with van der Waals surface area (Å²) in [4.78, 5) is 26.2. The largest absolute Gasteiger partial charge is 0.368 e. The van der Waals surface area contributed by atoms with Crippen LogP contribution in [0.25, 0.3) is 10.1 Å². The highest BCUT2D eigenvalue weighted by Gasteiger charge is 2.31. The van der Waals surface area contributed by atoms with Crippen LogP contribution in [0.4, 0.5) is 11.5 Å². The average molecular weight is 449 g/mol. The molecule has 0 aliphatic carbocycles. The Labute approximate surface area is 194 Å². The Morgan fingerprint density at radius 2 is 1.72 bits per heavy atom. The van der Waals surface area contributed by atoms with Crippen LogP contribution in [0.5, 0.6) is 0 Å². The zero-order valence-electron chi connectivity index (χ0n) is 19.3. The van der Waals surface area contributed by atoms with Crippen LogP contribution in [-0.4, -0.2) is 55.1 Å². The van der Waals surface area contributed by atoms with Crippen molar-refractivity contribution in [3.05, 3.63) is 52.5 Å². The number of hydrogen-bond acceptors (Lipinski definition) is 5. The second-order valence-electron chi connectivity index (χ2n) is 9.20. The summed E-state index contributed by atoms with van der Waals surface area (Å²) in [6, 6.07) is 10.9. The summed E-state index contributed by atoms with van der Waals surface area (Å²) >= 11 is 1.82. The van der Waals surface area contributed by atoms with Crippen molar-refractivity contribution in [2.75, 3.05) is 49.1 Å². The van der Waals surface area contributed by atoms with Gasteiger partial charge < -0.3 is 14.7 Å². The number of carbonyl (C=O) groups is 1. The summed E-state index contributed by atoms with van der Waals surface area (Å²) < 4.78 is 1.30. The average Bonchev–Trinajstić information content (AvgIpc) is 3.21. The first kappa shape index (κ1) is 21.3. The van der Waals surface area contributed by atoms with Crippen LogP contribution in [0.15, 0.2) is 36.5 Å². The number of nitrogens with zero attached hydrogens (tertiary/aromatic N) is 4. The van der Waals surface area contributed by atoms with Crippen molar-refractivity contribution in [2.45, 2.75) is 33.6 Å². The molecule has 5 rings (SSSR count). The number of amides is 1. The first-order valence-electron chi connectivity index (χ1n) is 11.7. The van der Waals surface area contributed by atoms with E-state index in [1.807, 2.05) is 17.5 Å². The van der Waals surface area contributed by atoms with E-state index < -0.39 is 0 Å². The first-order chi connectivity index (χ1) is 15.5. The molecule has 0 radical (unpaired) electrons. The van der Waals surface area contributed by atoms with Crippen LogP contribution in [-0.2, 0) is 4.79 Å². The van der Waals surface area contributed by atoms with Gasteiger partial charge >= 0.3 is 0 Å². The van der Waals surface area contributed by atoms with Crippen LogP contribution < -0.4 is 9.80 Å². The van der Waals surface area contributed by atoms with Gasteiger partial charge in [0.15, 0.2) is 0 Å². The van der Waals surface area contributed by atoms with E-state index in [4.69, 9.17) is 0 Å². The summed E-state index contributed by atoms with van der Waals surface area (Å²) in [5.74, 6) is 1.57. The minimum absolute atomic E-state index is 0.141. The van der Waals surface area contributed by atoms with Crippen LogP contribution in [0, 0.1) is 26.7 Å². The topological polar surface area (TPSA) is 39.7 Å². The molecule has 4 heterocycles. The van der Waals surface area contributed by atoms with E-state index in [1.54, 1.807) is 0 Å². The van der Waals surface area contributed by atoms with Gasteiger partial charge in [0.1, 0.15) is 5.82 Å². The quantitative estimate of drug-likeness (QED) is 0.578. The second kappa shape index (κ2) is 8.74. The lowest BCUT2D eigenvalue weighted by molar-refractivity contribution is -0.136. The highest BCUT2D eigenvalue weighted by molar-refractivity contribution is 7.19. The Morgan fingerprint density at radius 1 is 0.969 bits per heavy atom. The number of pyridine rings is 1. The molecule has 168 valence electrons. The van der Waals surface area contributed by atoms with Gasteiger partial charge in [0.05, 0.1) is 0 Å². The van der Waals surface area contributed by atoms with Crippen molar-refractivity contribution in [3.63, 3.8) is 0 Å². The smallest absolute Gasteiger partial charge is 0.225 e. The molecule has 1 aromatic carbocycles. The third-order valence-electron chi connectivity index (χ3n) is 7.20. The standard InChI is InChI=1S/C26H32N4OS/c1-18-5-4-6-23(20(18)3)28-13-15-30(16-14-28)26(31)21-8-11-29(12-9-21)25-22-17-19(2)32-24(22)7-10-27-25/h4-7,10,17,21H,8-9,11-16H2,1-3H3. The maximum absolute atomic E-state index is 13.3. The van der Waals surface area contributed by atoms with Crippen molar-refractivity contribution in [3.8, 4) is 0 Å². The fraction of sp³-hybridized carbons (Fsp3) is 0.462. The van der Waals surface area contributed by atoms with E-state index in [9.17, 15) is 4.79 Å². The van der Waals surface area contributed by atoms with Crippen molar-refractivity contribution in [2.24, 2.45) is 5.92 Å². The predicted molar refractivity (Wildman–Crippen MR) is 134 cm³/mol.